The van der Waals surface area contributed by atoms with E-state index >= 15 is 0 Å². The zero-order chi connectivity index (χ0) is 11.4. The van der Waals surface area contributed by atoms with E-state index in [1.165, 1.54) is 35.7 Å². The smallest absolute Gasteiger partial charge is 0.0940 e. The van der Waals surface area contributed by atoms with Crippen LogP contribution in [0.2, 0.25) is 0 Å². The van der Waals surface area contributed by atoms with E-state index in [0.29, 0.717) is 6.54 Å². The van der Waals surface area contributed by atoms with Crippen molar-refractivity contribution in [3.05, 3.63) is 16.1 Å². The normalized spacial score (nSPS) is 22.5. The van der Waals surface area contributed by atoms with Crippen molar-refractivity contribution in [3.63, 3.8) is 0 Å². The molecule has 0 aliphatic carbocycles. The van der Waals surface area contributed by atoms with Crippen LogP contribution in [0.4, 0.5) is 0 Å². The Morgan fingerprint density at radius 2 is 2.44 bits per heavy atom. The minimum absolute atomic E-state index is 0.623. The molecule has 16 heavy (non-hydrogen) atoms. The summed E-state index contributed by atoms with van der Waals surface area (Å²) < 4.78 is 0. The van der Waals surface area contributed by atoms with Gasteiger partial charge in [0.1, 0.15) is 0 Å². The minimum atomic E-state index is 0.623. The van der Waals surface area contributed by atoms with Crippen LogP contribution in [0.25, 0.3) is 0 Å². The highest BCUT2D eigenvalue weighted by Gasteiger charge is 2.17. The Kier molecular flexibility index (Phi) is 4.32. The molecule has 1 aliphatic rings. The van der Waals surface area contributed by atoms with Crippen LogP contribution < -0.4 is 5.73 Å². The minimum Gasteiger partial charge on any atom is -0.326 e. The van der Waals surface area contributed by atoms with Gasteiger partial charge in [-0.2, -0.15) is 0 Å². The summed E-state index contributed by atoms with van der Waals surface area (Å²) in [5, 5.41) is 1.23. The Morgan fingerprint density at radius 3 is 3.12 bits per heavy atom. The van der Waals surface area contributed by atoms with E-state index in [1.54, 1.807) is 11.3 Å². The van der Waals surface area contributed by atoms with E-state index in [-0.39, 0.29) is 0 Å². The number of piperidine rings is 1. The highest BCUT2D eigenvalue weighted by Crippen LogP contribution is 2.18. The van der Waals surface area contributed by atoms with Crippen LogP contribution >= 0.6 is 11.3 Å². The summed E-state index contributed by atoms with van der Waals surface area (Å²) in [5.74, 6) is 0. The summed E-state index contributed by atoms with van der Waals surface area (Å²) in [6.45, 7) is 5.37. The average molecular weight is 239 g/mol. The van der Waals surface area contributed by atoms with Gasteiger partial charge in [-0.05, 0) is 26.3 Å². The molecular weight excluding hydrogens is 218 g/mol. The molecule has 1 atom stereocenters. The Hall–Kier alpha value is -0.450. The van der Waals surface area contributed by atoms with Gasteiger partial charge in [-0.15, -0.1) is 11.3 Å². The molecular formula is C12H21N3S. The van der Waals surface area contributed by atoms with Crippen LogP contribution in [0, 0.1) is 0 Å². The van der Waals surface area contributed by atoms with Crippen molar-refractivity contribution in [2.24, 2.45) is 5.73 Å². The molecule has 1 aromatic heterocycles. The molecule has 0 spiro atoms. The molecule has 0 amide bonds. The van der Waals surface area contributed by atoms with E-state index in [4.69, 9.17) is 5.73 Å². The van der Waals surface area contributed by atoms with Gasteiger partial charge in [0.2, 0.25) is 0 Å². The SMILES string of the molecule is CC1CCCCN1CCc1ncc(CN)s1. The molecule has 0 bridgehead atoms. The summed E-state index contributed by atoms with van der Waals surface area (Å²) >= 11 is 1.76. The second-order valence-electron chi connectivity index (χ2n) is 4.56. The number of aromatic nitrogens is 1. The molecule has 0 aromatic carbocycles. The maximum atomic E-state index is 5.58. The van der Waals surface area contributed by atoms with E-state index < -0.39 is 0 Å². The van der Waals surface area contributed by atoms with Gasteiger partial charge in [0, 0.05) is 36.6 Å². The lowest BCUT2D eigenvalue weighted by Crippen LogP contribution is -2.38. The van der Waals surface area contributed by atoms with Crippen LogP contribution in [-0.4, -0.2) is 29.0 Å². The van der Waals surface area contributed by atoms with E-state index in [1.807, 2.05) is 6.20 Å². The second-order valence-corrected chi connectivity index (χ2v) is 5.75. The lowest BCUT2D eigenvalue weighted by atomic mass is 10.0. The number of rotatable bonds is 4. The molecule has 2 heterocycles. The summed E-state index contributed by atoms with van der Waals surface area (Å²) in [6, 6.07) is 0.752. The fourth-order valence-corrected chi connectivity index (χ4v) is 3.08. The van der Waals surface area contributed by atoms with Gasteiger partial charge in [0.05, 0.1) is 5.01 Å². The summed E-state index contributed by atoms with van der Waals surface area (Å²) in [7, 11) is 0. The molecule has 2 N–H and O–H groups in total. The molecule has 0 radical (unpaired) electrons. The molecule has 4 heteroatoms. The molecule has 1 aromatic rings. The quantitative estimate of drug-likeness (QED) is 0.874. The van der Waals surface area contributed by atoms with Gasteiger partial charge < -0.3 is 10.6 Å². The molecule has 1 unspecified atom stereocenters. The zero-order valence-electron chi connectivity index (χ0n) is 9.98. The van der Waals surface area contributed by atoms with Crippen molar-refractivity contribution in [1.82, 2.24) is 9.88 Å². The van der Waals surface area contributed by atoms with Gasteiger partial charge in [-0.1, -0.05) is 6.42 Å². The van der Waals surface area contributed by atoms with Crippen LogP contribution in [0.1, 0.15) is 36.1 Å². The van der Waals surface area contributed by atoms with E-state index in [2.05, 4.69) is 16.8 Å². The molecule has 1 fully saturated rings. The Balaban J connectivity index is 1.81. The third-order valence-electron chi connectivity index (χ3n) is 3.36. The van der Waals surface area contributed by atoms with Crippen LogP contribution in [0.15, 0.2) is 6.20 Å². The Labute approximate surface area is 102 Å². The van der Waals surface area contributed by atoms with Gasteiger partial charge in [0.25, 0.3) is 0 Å². The average Bonchev–Trinajstić information content (AvgIpc) is 2.76. The monoisotopic (exact) mass is 239 g/mol. The largest absolute Gasteiger partial charge is 0.326 e. The van der Waals surface area contributed by atoms with Crippen molar-refractivity contribution in [2.75, 3.05) is 13.1 Å². The van der Waals surface area contributed by atoms with Crippen LogP contribution in [0.3, 0.4) is 0 Å². The molecule has 0 saturated carbocycles. The lowest BCUT2D eigenvalue weighted by molar-refractivity contribution is 0.163. The highest BCUT2D eigenvalue weighted by atomic mass is 32.1. The highest BCUT2D eigenvalue weighted by molar-refractivity contribution is 7.11. The maximum absolute atomic E-state index is 5.58. The van der Waals surface area contributed by atoms with Crippen molar-refractivity contribution < 1.29 is 0 Å². The third-order valence-corrected chi connectivity index (χ3v) is 4.44. The second kappa shape index (κ2) is 5.75. The Morgan fingerprint density at radius 1 is 1.56 bits per heavy atom. The standard InChI is InChI=1S/C12H21N3S/c1-10-4-2-3-6-15(10)7-5-12-14-9-11(8-13)16-12/h9-10H,2-8,13H2,1H3. The van der Waals surface area contributed by atoms with E-state index in [9.17, 15) is 0 Å². The molecule has 1 saturated heterocycles. The van der Waals surface area contributed by atoms with Gasteiger partial charge >= 0.3 is 0 Å². The summed E-state index contributed by atoms with van der Waals surface area (Å²) in [4.78, 5) is 8.19. The first-order valence-corrected chi connectivity index (χ1v) is 6.99. The van der Waals surface area contributed by atoms with E-state index in [0.717, 1.165) is 19.0 Å². The first-order valence-electron chi connectivity index (χ1n) is 6.17. The lowest BCUT2D eigenvalue weighted by Gasteiger charge is -2.32. The van der Waals surface area contributed by atoms with Crippen molar-refractivity contribution in [3.8, 4) is 0 Å². The molecule has 90 valence electrons. The number of nitrogens with zero attached hydrogens (tertiary/aromatic N) is 2. The van der Waals surface area contributed by atoms with Crippen molar-refractivity contribution in [1.29, 1.82) is 0 Å². The zero-order valence-corrected chi connectivity index (χ0v) is 10.8. The van der Waals surface area contributed by atoms with Gasteiger partial charge in [-0.25, -0.2) is 4.98 Å². The van der Waals surface area contributed by atoms with Crippen LogP contribution in [-0.2, 0) is 13.0 Å². The summed E-state index contributed by atoms with van der Waals surface area (Å²) in [5.41, 5.74) is 5.58. The number of nitrogens with two attached hydrogens (primary N) is 1. The predicted molar refractivity (Wildman–Crippen MR) is 68.6 cm³/mol. The third kappa shape index (κ3) is 3.03. The van der Waals surface area contributed by atoms with Gasteiger partial charge in [-0.3, -0.25) is 0 Å². The first-order chi connectivity index (χ1) is 7.79. The molecule has 2 rings (SSSR count). The number of hydrogen-bond donors (Lipinski definition) is 1. The predicted octanol–water partition coefficient (Wildman–Crippen LogP) is 2.02. The first kappa shape index (κ1) is 12.0. The fourth-order valence-electron chi connectivity index (χ4n) is 2.29. The number of likely N-dealkylation sites (tertiary alicyclic amines) is 1. The molecule has 1 aliphatic heterocycles. The molecule has 3 nitrogen and oxygen atoms in total. The summed E-state index contributed by atoms with van der Waals surface area (Å²) in [6.07, 6.45) is 7.10. The fraction of sp³-hybridized carbons (Fsp3) is 0.750. The van der Waals surface area contributed by atoms with Crippen molar-refractivity contribution >= 4 is 11.3 Å². The van der Waals surface area contributed by atoms with Gasteiger partial charge in [0.15, 0.2) is 0 Å². The Bertz CT molecular complexity index is 324. The topological polar surface area (TPSA) is 42.2 Å². The van der Waals surface area contributed by atoms with Crippen LogP contribution in [0.5, 0.6) is 0 Å². The maximum Gasteiger partial charge on any atom is 0.0940 e. The number of hydrogen-bond acceptors (Lipinski definition) is 4. The van der Waals surface area contributed by atoms with Crippen molar-refractivity contribution in [2.45, 2.75) is 45.2 Å². The number of thiazole rings is 1.